The summed E-state index contributed by atoms with van der Waals surface area (Å²) < 4.78 is 1.72. The number of carbonyl (C=O) groups excluding carboxylic acids is 2. The monoisotopic (exact) mass is 263 g/mol. The molecule has 1 aromatic heterocycles. The van der Waals surface area contributed by atoms with Crippen LogP contribution in [0.15, 0.2) is 12.3 Å². The fourth-order valence-electron chi connectivity index (χ4n) is 2.71. The molecule has 0 spiro atoms. The second-order valence-electron chi connectivity index (χ2n) is 5.43. The summed E-state index contributed by atoms with van der Waals surface area (Å²) in [7, 11) is 1.79. The summed E-state index contributed by atoms with van der Waals surface area (Å²) in [5, 5.41) is 0. The van der Waals surface area contributed by atoms with Gasteiger partial charge in [-0.05, 0) is 38.8 Å². The predicted octanol–water partition coefficient (Wildman–Crippen LogP) is 1.04. The van der Waals surface area contributed by atoms with E-state index in [4.69, 9.17) is 5.73 Å². The normalized spacial score (nSPS) is 22.8. The van der Waals surface area contributed by atoms with Crippen LogP contribution in [0.1, 0.15) is 41.1 Å². The van der Waals surface area contributed by atoms with E-state index in [2.05, 4.69) is 0 Å². The molecule has 0 radical (unpaired) electrons. The average molecular weight is 263 g/mol. The fourth-order valence-corrected chi connectivity index (χ4v) is 2.71. The number of hydrogen-bond donors (Lipinski definition) is 1. The molecule has 5 nitrogen and oxygen atoms in total. The van der Waals surface area contributed by atoms with Gasteiger partial charge in [0, 0.05) is 31.4 Å². The largest absolute Gasteiger partial charge is 0.346 e. The van der Waals surface area contributed by atoms with Gasteiger partial charge in [-0.15, -0.1) is 0 Å². The van der Waals surface area contributed by atoms with Crippen LogP contribution in [0.4, 0.5) is 0 Å². The number of nitrogens with two attached hydrogens (primary N) is 1. The molecule has 19 heavy (non-hydrogen) atoms. The highest BCUT2D eigenvalue weighted by Crippen LogP contribution is 2.24. The van der Waals surface area contributed by atoms with Crippen LogP contribution < -0.4 is 5.73 Å². The number of rotatable bonds is 3. The highest BCUT2D eigenvalue weighted by atomic mass is 16.2. The molecule has 0 saturated carbocycles. The molecule has 1 aliphatic rings. The second kappa shape index (κ2) is 5.17. The van der Waals surface area contributed by atoms with Gasteiger partial charge in [0.2, 0.25) is 0 Å². The maximum atomic E-state index is 12.5. The van der Waals surface area contributed by atoms with Crippen LogP contribution >= 0.6 is 0 Å². The van der Waals surface area contributed by atoms with Crippen LogP contribution in [-0.2, 0) is 7.05 Å². The van der Waals surface area contributed by atoms with E-state index in [1.54, 1.807) is 23.9 Å². The van der Waals surface area contributed by atoms with E-state index in [9.17, 15) is 9.59 Å². The summed E-state index contributed by atoms with van der Waals surface area (Å²) in [6.07, 6.45) is 2.66. The highest BCUT2D eigenvalue weighted by molar-refractivity contribution is 5.99. The van der Waals surface area contributed by atoms with Crippen molar-refractivity contribution in [2.45, 2.75) is 26.3 Å². The number of ketones is 1. The maximum absolute atomic E-state index is 12.5. The minimum Gasteiger partial charge on any atom is -0.346 e. The van der Waals surface area contributed by atoms with Crippen molar-refractivity contribution in [3.05, 3.63) is 23.5 Å². The molecule has 0 bridgehead atoms. The lowest BCUT2D eigenvalue weighted by atomic mass is 10.1. The summed E-state index contributed by atoms with van der Waals surface area (Å²) in [5.74, 6) is 0.342. The second-order valence-corrected chi connectivity index (χ2v) is 5.43. The average Bonchev–Trinajstić information content (AvgIpc) is 2.92. The summed E-state index contributed by atoms with van der Waals surface area (Å²) in [5.41, 5.74) is 6.82. The Morgan fingerprint density at radius 3 is 2.63 bits per heavy atom. The van der Waals surface area contributed by atoms with Crippen molar-refractivity contribution in [2.24, 2.45) is 18.7 Å². The van der Waals surface area contributed by atoms with Crippen LogP contribution in [0.3, 0.4) is 0 Å². The van der Waals surface area contributed by atoms with Gasteiger partial charge >= 0.3 is 0 Å². The number of Topliss-reactive ketones (excluding diaryl/α,β-unsaturated/α-hetero) is 1. The Morgan fingerprint density at radius 1 is 1.47 bits per heavy atom. The van der Waals surface area contributed by atoms with Gasteiger partial charge in [0.25, 0.3) is 5.91 Å². The van der Waals surface area contributed by atoms with Gasteiger partial charge in [0.1, 0.15) is 5.69 Å². The van der Waals surface area contributed by atoms with E-state index in [-0.39, 0.29) is 17.7 Å². The molecule has 1 aliphatic heterocycles. The van der Waals surface area contributed by atoms with Gasteiger partial charge < -0.3 is 15.2 Å². The molecule has 1 amide bonds. The van der Waals surface area contributed by atoms with Crippen LogP contribution in [0.2, 0.25) is 0 Å². The van der Waals surface area contributed by atoms with Gasteiger partial charge in [0.15, 0.2) is 5.78 Å². The van der Waals surface area contributed by atoms with Gasteiger partial charge in [0.05, 0.1) is 0 Å². The zero-order valence-corrected chi connectivity index (χ0v) is 11.7. The van der Waals surface area contributed by atoms with Crippen molar-refractivity contribution < 1.29 is 9.59 Å². The third-order valence-corrected chi connectivity index (χ3v) is 3.89. The summed E-state index contributed by atoms with van der Waals surface area (Å²) in [6.45, 7) is 4.87. The molecule has 104 valence electrons. The summed E-state index contributed by atoms with van der Waals surface area (Å²) in [4.78, 5) is 25.7. The summed E-state index contributed by atoms with van der Waals surface area (Å²) in [6, 6.07) is 1.88. The van der Waals surface area contributed by atoms with Crippen molar-refractivity contribution in [3.63, 3.8) is 0 Å². The molecule has 1 fully saturated rings. The quantitative estimate of drug-likeness (QED) is 0.828. The number of aryl methyl sites for hydroxylation is 1. The van der Waals surface area contributed by atoms with Crippen molar-refractivity contribution in [1.29, 1.82) is 0 Å². The van der Waals surface area contributed by atoms with Crippen molar-refractivity contribution >= 4 is 11.7 Å². The van der Waals surface area contributed by atoms with Gasteiger partial charge in [-0.25, -0.2) is 0 Å². The number of aromatic nitrogens is 1. The van der Waals surface area contributed by atoms with Crippen molar-refractivity contribution in [3.8, 4) is 0 Å². The standard InChI is InChI=1S/C14H21N3O2/c1-9-4-11(6-15)7-17(9)14(19)13-5-12(10(2)18)8-16(13)3/h5,8-9,11H,4,6-7,15H2,1-3H3. The molecule has 2 N–H and O–H groups in total. The zero-order chi connectivity index (χ0) is 14.2. The van der Waals surface area contributed by atoms with E-state index >= 15 is 0 Å². The Labute approximate surface area is 113 Å². The molecule has 1 aromatic rings. The van der Waals surface area contributed by atoms with E-state index < -0.39 is 0 Å². The maximum Gasteiger partial charge on any atom is 0.270 e. The molecule has 2 rings (SSSR count). The van der Waals surface area contributed by atoms with E-state index in [1.807, 2.05) is 11.8 Å². The minimum atomic E-state index is -0.0241. The topological polar surface area (TPSA) is 68.3 Å². The Balaban J connectivity index is 2.22. The van der Waals surface area contributed by atoms with Crippen LogP contribution in [0, 0.1) is 5.92 Å². The Hall–Kier alpha value is -1.62. The lowest BCUT2D eigenvalue weighted by Gasteiger charge is -2.21. The smallest absolute Gasteiger partial charge is 0.270 e. The van der Waals surface area contributed by atoms with E-state index in [1.165, 1.54) is 6.92 Å². The predicted molar refractivity (Wildman–Crippen MR) is 73.1 cm³/mol. The molecule has 5 heteroatoms. The third-order valence-electron chi connectivity index (χ3n) is 3.89. The highest BCUT2D eigenvalue weighted by Gasteiger charge is 2.33. The first-order chi connectivity index (χ1) is 8.93. The summed E-state index contributed by atoms with van der Waals surface area (Å²) >= 11 is 0. The first-order valence-electron chi connectivity index (χ1n) is 6.62. The molecular weight excluding hydrogens is 242 g/mol. The van der Waals surface area contributed by atoms with Gasteiger partial charge in [-0.2, -0.15) is 0 Å². The Morgan fingerprint density at radius 2 is 2.16 bits per heavy atom. The van der Waals surface area contributed by atoms with Crippen molar-refractivity contribution in [1.82, 2.24) is 9.47 Å². The number of likely N-dealkylation sites (tertiary alicyclic amines) is 1. The number of amides is 1. The Bertz CT molecular complexity index is 507. The van der Waals surface area contributed by atoms with E-state index in [0.717, 1.165) is 6.42 Å². The molecule has 0 aliphatic carbocycles. The van der Waals surface area contributed by atoms with Crippen LogP contribution in [0.5, 0.6) is 0 Å². The lowest BCUT2D eigenvalue weighted by molar-refractivity contribution is 0.0733. The fraction of sp³-hybridized carbons (Fsp3) is 0.571. The van der Waals surface area contributed by atoms with Crippen molar-refractivity contribution in [2.75, 3.05) is 13.1 Å². The van der Waals surface area contributed by atoms with Crippen LogP contribution in [0.25, 0.3) is 0 Å². The SMILES string of the molecule is CC(=O)c1cc(C(=O)N2CC(CN)CC2C)n(C)c1. The Kier molecular flexibility index (Phi) is 3.75. The first-order valence-corrected chi connectivity index (χ1v) is 6.62. The number of nitrogens with zero attached hydrogens (tertiary/aromatic N) is 2. The van der Waals surface area contributed by atoms with E-state index in [0.29, 0.717) is 30.3 Å². The number of carbonyl (C=O) groups is 2. The molecule has 2 heterocycles. The molecule has 1 saturated heterocycles. The zero-order valence-electron chi connectivity index (χ0n) is 11.7. The first kappa shape index (κ1) is 13.8. The van der Waals surface area contributed by atoms with Crippen LogP contribution in [-0.4, -0.2) is 40.3 Å². The molecule has 2 unspecified atom stereocenters. The van der Waals surface area contributed by atoms with Gasteiger partial charge in [-0.3, -0.25) is 9.59 Å². The molecular formula is C14H21N3O2. The lowest BCUT2D eigenvalue weighted by Crippen LogP contribution is -2.35. The third kappa shape index (κ3) is 2.56. The van der Waals surface area contributed by atoms with Gasteiger partial charge in [-0.1, -0.05) is 0 Å². The molecule has 2 atom stereocenters. The minimum absolute atomic E-state index is 0.0153. The molecule has 0 aromatic carbocycles. The number of hydrogen-bond acceptors (Lipinski definition) is 3.